The molecule has 1 rings (SSSR count). The van der Waals surface area contributed by atoms with Crippen molar-refractivity contribution in [1.82, 2.24) is 4.98 Å². The lowest BCUT2D eigenvalue weighted by Gasteiger charge is -2.06. The zero-order valence-corrected chi connectivity index (χ0v) is 7.61. The molecule has 0 radical (unpaired) electrons. The zero-order valence-electron chi connectivity index (χ0n) is 7.61. The first-order valence-electron chi connectivity index (χ1n) is 4.04. The van der Waals surface area contributed by atoms with Gasteiger partial charge in [0.2, 0.25) is 0 Å². The van der Waals surface area contributed by atoms with Crippen molar-refractivity contribution in [2.45, 2.75) is 19.8 Å². The molecule has 1 aromatic rings. The Morgan fingerprint density at radius 1 is 1.54 bits per heavy atom. The number of nitrogens with zero attached hydrogens (tertiary/aromatic N) is 1. The van der Waals surface area contributed by atoms with Crippen LogP contribution >= 0.6 is 0 Å². The van der Waals surface area contributed by atoms with Gasteiger partial charge >= 0.3 is 6.09 Å². The standard InChI is InChI=1S/C9H12N2O2/c1-6(2)7-3-8(5-10-4-7)11-9(12)13/h3-6,11H,1-2H3,(H,12,13). The number of aromatic nitrogens is 1. The number of nitrogens with one attached hydrogen (secondary N) is 1. The lowest BCUT2D eigenvalue weighted by atomic mass is 10.1. The summed E-state index contributed by atoms with van der Waals surface area (Å²) >= 11 is 0. The molecule has 1 aromatic heterocycles. The van der Waals surface area contributed by atoms with E-state index in [-0.39, 0.29) is 0 Å². The number of pyridine rings is 1. The Morgan fingerprint density at radius 2 is 2.23 bits per heavy atom. The van der Waals surface area contributed by atoms with E-state index in [4.69, 9.17) is 5.11 Å². The molecular formula is C9H12N2O2. The van der Waals surface area contributed by atoms with Crippen LogP contribution in [0.5, 0.6) is 0 Å². The average Bonchev–Trinajstić information content (AvgIpc) is 2.03. The van der Waals surface area contributed by atoms with Crippen LogP contribution in [0.3, 0.4) is 0 Å². The van der Waals surface area contributed by atoms with Gasteiger partial charge in [-0.25, -0.2) is 4.79 Å². The van der Waals surface area contributed by atoms with Crippen molar-refractivity contribution >= 4 is 11.8 Å². The van der Waals surface area contributed by atoms with Gasteiger partial charge < -0.3 is 5.11 Å². The van der Waals surface area contributed by atoms with Gasteiger partial charge in [0.15, 0.2) is 0 Å². The molecular weight excluding hydrogens is 168 g/mol. The lowest BCUT2D eigenvalue weighted by Crippen LogP contribution is -2.07. The highest BCUT2D eigenvalue weighted by molar-refractivity contribution is 5.82. The van der Waals surface area contributed by atoms with Crippen molar-refractivity contribution in [3.8, 4) is 0 Å². The van der Waals surface area contributed by atoms with Crippen molar-refractivity contribution in [2.75, 3.05) is 5.32 Å². The summed E-state index contributed by atoms with van der Waals surface area (Å²) < 4.78 is 0. The van der Waals surface area contributed by atoms with Crippen LogP contribution in [-0.2, 0) is 0 Å². The number of amides is 1. The first kappa shape index (κ1) is 9.51. The summed E-state index contributed by atoms with van der Waals surface area (Å²) in [4.78, 5) is 14.2. The topological polar surface area (TPSA) is 62.2 Å². The number of carboxylic acid groups (broad SMARTS) is 1. The summed E-state index contributed by atoms with van der Waals surface area (Å²) in [6.07, 6.45) is 2.15. The third-order valence-electron chi connectivity index (χ3n) is 1.68. The van der Waals surface area contributed by atoms with Gasteiger partial charge in [0.1, 0.15) is 0 Å². The van der Waals surface area contributed by atoms with Gasteiger partial charge in [-0.05, 0) is 17.5 Å². The molecule has 13 heavy (non-hydrogen) atoms. The summed E-state index contributed by atoms with van der Waals surface area (Å²) in [6.45, 7) is 4.06. The minimum atomic E-state index is -1.07. The van der Waals surface area contributed by atoms with Crippen molar-refractivity contribution in [1.29, 1.82) is 0 Å². The fraction of sp³-hybridized carbons (Fsp3) is 0.333. The summed E-state index contributed by atoms with van der Waals surface area (Å²) in [5.41, 5.74) is 1.53. The fourth-order valence-electron chi connectivity index (χ4n) is 0.965. The molecule has 0 unspecified atom stereocenters. The normalized spacial score (nSPS) is 10.1. The highest BCUT2D eigenvalue weighted by Crippen LogP contribution is 2.16. The Bertz CT molecular complexity index is 310. The SMILES string of the molecule is CC(C)c1cncc(NC(=O)O)c1. The number of hydrogen-bond donors (Lipinski definition) is 2. The van der Waals surface area contributed by atoms with Crippen molar-refractivity contribution in [3.05, 3.63) is 24.0 Å². The van der Waals surface area contributed by atoms with Crippen molar-refractivity contribution in [2.24, 2.45) is 0 Å². The van der Waals surface area contributed by atoms with Crippen molar-refractivity contribution in [3.63, 3.8) is 0 Å². The van der Waals surface area contributed by atoms with Gasteiger partial charge in [-0.3, -0.25) is 10.3 Å². The van der Waals surface area contributed by atoms with E-state index in [1.165, 1.54) is 6.20 Å². The first-order chi connectivity index (χ1) is 6.09. The minimum absolute atomic E-state index is 0.350. The molecule has 0 spiro atoms. The first-order valence-corrected chi connectivity index (χ1v) is 4.04. The Labute approximate surface area is 76.6 Å². The summed E-state index contributed by atoms with van der Waals surface area (Å²) in [6, 6.07) is 1.78. The molecule has 0 saturated carbocycles. The second-order valence-electron chi connectivity index (χ2n) is 3.09. The number of carbonyl (C=O) groups is 1. The Balaban J connectivity index is 2.85. The summed E-state index contributed by atoms with van der Waals surface area (Å²) in [7, 11) is 0. The maximum Gasteiger partial charge on any atom is 0.409 e. The quantitative estimate of drug-likeness (QED) is 0.734. The van der Waals surface area contributed by atoms with E-state index in [1.54, 1.807) is 12.3 Å². The molecule has 70 valence electrons. The van der Waals surface area contributed by atoms with Crippen LogP contribution in [0.4, 0.5) is 10.5 Å². The van der Waals surface area contributed by atoms with Crippen LogP contribution in [0, 0.1) is 0 Å². The molecule has 0 atom stereocenters. The molecule has 0 aromatic carbocycles. The molecule has 0 fully saturated rings. The zero-order chi connectivity index (χ0) is 9.84. The molecule has 0 aliphatic rings. The Kier molecular flexibility index (Phi) is 2.84. The van der Waals surface area contributed by atoms with Gasteiger partial charge in [0.25, 0.3) is 0 Å². The Morgan fingerprint density at radius 3 is 2.77 bits per heavy atom. The van der Waals surface area contributed by atoms with Gasteiger partial charge in [-0.15, -0.1) is 0 Å². The average molecular weight is 180 g/mol. The number of anilines is 1. The second-order valence-corrected chi connectivity index (χ2v) is 3.09. The molecule has 2 N–H and O–H groups in total. The van der Waals surface area contributed by atoms with E-state index >= 15 is 0 Å². The maximum absolute atomic E-state index is 10.3. The maximum atomic E-state index is 10.3. The van der Waals surface area contributed by atoms with Crippen LogP contribution < -0.4 is 5.32 Å². The summed E-state index contributed by atoms with van der Waals surface area (Å²) in [5.74, 6) is 0.350. The van der Waals surface area contributed by atoms with Gasteiger partial charge in [-0.2, -0.15) is 0 Å². The molecule has 1 amide bonds. The highest BCUT2D eigenvalue weighted by Gasteiger charge is 2.02. The van der Waals surface area contributed by atoms with Crippen LogP contribution in [0.25, 0.3) is 0 Å². The second kappa shape index (κ2) is 3.89. The van der Waals surface area contributed by atoms with Crippen molar-refractivity contribution < 1.29 is 9.90 Å². The van der Waals surface area contributed by atoms with Gasteiger partial charge in [0.05, 0.1) is 11.9 Å². The predicted molar refractivity (Wildman–Crippen MR) is 50.0 cm³/mol. The lowest BCUT2D eigenvalue weighted by molar-refractivity contribution is 0.209. The number of rotatable bonds is 2. The van der Waals surface area contributed by atoms with Gasteiger partial charge in [-0.1, -0.05) is 13.8 Å². The van der Waals surface area contributed by atoms with E-state index < -0.39 is 6.09 Å². The monoisotopic (exact) mass is 180 g/mol. The molecule has 0 saturated heterocycles. The third kappa shape index (κ3) is 2.74. The smallest absolute Gasteiger partial charge is 0.409 e. The van der Waals surface area contributed by atoms with E-state index in [0.717, 1.165) is 5.56 Å². The molecule has 0 bridgehead atoms. The molecule has 4 nitrogen and oxygen atoms in total. The summed E-state index contributed by atoms with van der Waals surface area (Å²) in [5, 5.41) is 10.7. The minimum Gasteiger partial charge on any atom is -0.465 e. The molecule has 1 heterocycles. The molecule has 0 aliphatic heterocycles. The van der Waals surface area contributed by atoms with Crippen LogP contribution in [0.2, 0.25) is 0 Å². The fourth-order valence-corrected chi connectivity index (χ4v) is 0.965. The number of hydrogen-bond acceptors (Lipinski definition) is 2. The van der Waals surface area contributed by atoms with E-state index in [2.05, 4.69) is 10.3 Å². The van der Waals surface area contributed by atoms with E-state index in [1.807, 2.05) is 13.8 Å². The predicted octanol–water partition coefficient (Wildman–Crippen LogP) is 2.29. The largest absolute Gasteiger partial charge is 0.465 e. The molecule has 0 aliphatic carbocycles. The van der Waals surface area contributed by atoms with E-state index in [9.17, 15) is 4.79 Å². The van der Waals surface area contributed by atoms with Crippen LogP contribution in [0.1, 0.15) is 25.3 Å². The van der Waals surface area contributed by atoms with Crippen LogP contribution in [0.15, 0.2) is 18.5 Å². The Hall–Kier alpha value is -1.58. The highest BCUT2D eigenvalue weighted by atomic mass is 16.4. The van der Waals surface area contributed by atoms with E-state index in [0.29, 0.717) is 11.6 Å². The molecule has 4 heteroatoms. The van der Waals surface area contributed by atoms with Gasteiger partial charge in [0, 0.05) is 6.20 Å². The van der Waals surface area contributed by atoms with Crippen LogP contribution in [-0.4, -0.2) is 16.2 Å². The third-order valence-corrected chi connectivity index (χ3v) is 1.68.